The third-order valence-electron chi connectivity index (χ3n) is 5.66. The van der Waals surface area contributed by atoms with E-state index in [4.69, 9.17) is 34.8 Å². The van der Waals surface area contributed by atoms with Crippen molar-refractivity contribution in [2.45, 2.75) is 12.5 Å². The minimum Gasteiger partial charge on any atom is -0.493 e. The topological polar surface area (TPSA) is 55.4 Å². The molecule has 166 valence electrons. The van der Waals surface area contributed by atoms with E-state index in [2.05, 4.69) is 12.0 Å². The molecule has 0 radical (unpaired) electrons. The van der Waals surface area contributed by atoms with Crippen molar-refractivity contribution in [1.29, 1.82) is 0 Å². The molecular weight excluding hydrogens is 396 g/mol. The molecule has 2 aromatic carbocycles. The number of hydrogen-bond donors (Lipinski definition) is 0. The molecule has 2 aromatic rings. The molecule has 1 aliphatic rings. The summed E-state index contributed by atoms with van der Waals surface area (Å²) in [5.74, 6) is 5.73. The van der Waals surface area contributed by atoms with E-state index in [1.165, 1.54) is 0 Å². The Labute approximate surface area is 184 Å². The van der Waals surface area contributed by atoms with Gasteiger partial charge in [-0.15, -0.1) is 6.42 Å². The molecule has 0 spiro atoms. The monoisotopic (exact) mass is 426 g/mol. The van der Waals surface area contributed by atoms with E-state index in [-0.39, 0.29) is 24.5 Å². The van der Waals surface area contributed by atoms with Crippen molar-refractivity contribution in [3.63, 3.8) is 0 Å². The van der Waals surface area contributed by atoms with Gasteiger partial charge >= 0.3 is 0 Å². The number of hydrogen-bond acceptors (Lipinski definition) is 6. The maximum Gasteiger partial charge on any atom is 0.161 e. The number of benzene rings is 2. The molecule has 0 aliphatic carbocycles. The average molecular weight is 427 g/mol. The van der Waals surface area contributed by atoms with Gasteiger partial charge in [-0.05, 0) is 47.7 Å². The van der Waals surface area contributed by atoms with E-state index in [0.717, 1.165) is 23.3 Å². The quantitative estimate of drug-likeness (QED) is 0.424. The maximum atomic E-state index is 6.26. The minimum absolute atomic E-state index is 0.122. The first-order valence-corrected chi connectivity index (χ1v) is 10.2. The first-order chi connectivity index (χ1) is 15.1. The zero-order valence-corrected chi connectivity index (χ0v) is 18.6. The molecule has 1 heterocycles. The van der Waals surface area contributed by atoms with Crippen LogP contribution in [0.25, 0.3) is 0 Å². The van der Waals surface area contributed by atoms with Gasteiger partial charge in [-0.25, -0.2) is 0 Å². The van der Waals surface area contributed by atoms with Crippen LogP contribution >= 0.6 is 0 Å². The Morgan fingerprint density at radius 2 is 1.55 bits per heavy atom. The number of rotatable bonds is 10. The molecule has 1 saturated heterocycles. The van der Waals surface area contributed by atoms with Crippen LogP contribution in [-0.4, -0.2) is 48.3 Å². The summed E-state index contributed by atoms with van der Waals surface area (Å²) < 4.78 is 33.7. The van der Waals surface area contributed by atoms with E-state index in [1.54, 1.807) is 28.4 Å². The number of terminal acetylenes is 1. The van der Waals surface area contributed by atoms with Crippen molar-refractivity contribution in [3.05, 3.63) is 47.5 Å². The van der Waals surface area contributed by atoms with Crippen LogP contribution in [0, 0.1) is 24.2 Å². The average Bonchev–Trinajstić information content (AvgIpc) is 3.20. The highest BCUT2D eigenvalue weighted by atomic mass is 16.5. The lowest BCUT2D eigenvalue weighted by atomic mass is 9.84. The molecule has 6 nitrogen and oxygen atoms in total. The molecule has 0 aromatic heterocycles. The van der Waals surface area contributed by atoms with Gasteiger partial charge in [0.25, 0.3) is 0 Å². The van der Waals surface area contributed by atoms with Crippen molar-refractivity contribution in [2.75, 3.05) is 48.3 Å². The molecule has 1 aliphatic heterocycles. The van der Waals surface area contributed by atoms with Gasteiger partial charge in [0.05, 0.1) is 47.8 Å². The Balaban J connectivity index is 1.83. The molecule has 31 heavy (non-hydrogen) atoms. The predicted molar refractivity (Wildman–Crippen MR) is 118 cm³/mol. The molecule has 0 N–H and O–H groups in total. The Morgan fingerprint density at radius 3 is 2.19 bits per heavy atom. The Kier molecular flexibility index (Phi) is 8.05. The third kappa shape index (κ3) is 5.25. The SMILES string of the molecule is C#CCOCC1C(Cc2ccc(OC)c(OC)c2)CO[C@H]1c1ccc(OC)c(OC)c1. The van der Waals surface area contributed by atoms with Gasteiger partial charge in [-0.3, -0.25) is 0 Å². The van der Waals surface area contributed by atoms with Crippen LogP contribution < -0.4 is 18.9 Å². The lowest BCUT2D eigenvalue weighted by Gasteiger charge is -2.24. The fourth-order valence-electron chi connectivity index (χ4n) is 4.09. The molecular formula is C25H30O6. The predicted octanol–water partition coefficient (Wildman–Crippen LogP) is 3.92. The summed E-state index contributed by atoms with van der Waals surface area (Å²) in [6.45, 7) is 1.41. The molecule has 1 fully saturated rings. The Hall–Kier alpha value is -2.88. The zero-order chi connectivity index (χ0) is 22.2. The molecule has 3 atom stereocenters. The van der Waals surface area contributed by atoms with Gasteiger partial charge in [-0.2, -0.15) is 0 Å². The van der Waals surface area contributed by atoms with Crippen LogP contribution in [0.3, 0.4) is 0 Å². The van der Waals surface area contributed by atoms with Crippen LogP contribution in [0.5, 0.6) is 23.0 Å². The second-order valence-electron chi connectivity index (χ2n) is 7.41. The zero-order valence-electron chi connectivity index (χ0n) is 18.6. The molecule has 0 saturated carbocycles. The van der Waals surface area contributed by atoms with Crippen LogP contribution in [-0.2, 0) is 15.9 Å². The molecule has 0 bridgehead atoms. The summed E-state index contributed by atoms with van der Waals surface area (Å²) in [5, 5.41) is 0. The molecule has 6 heteroatoms. The highest BCUT2D eigenvalue weighted by molar-refractivity contribution is 5.44. The second-order valence-corrected chi connectivity index (χ2v) is 7.41. The van der Waals surface area contributed by atoms with Crippen LogP contribution in [0.1, 0.15) is 17.2 Å². The first-order valence-electron chi connectivity index (χ1n) is 10.2. The molecule has 0 amide bonds. The standard InChI is InChI=1S/C25H30O6/c1-6-11-30-16-20-19(12-17-7-9-21(26-2)23(13-17)28-4)15-31-25(20)18-8-10-22(27-3)24(14-18)29-5/h1,7-10,13-14,19-20,25H,11-12,15-16H2,2-5H3/t19?,20?,25-/m0/s1. The highest BCUT2D eigenvalue weighted by Gasteiger charge is 2.38. The fraction of sp³-hybridized carbons (Fsp3) is 0.440. The summed E-state index contributed by atoms with van der Waals surface area (Å²) in [6, 6.07) is 11.9. The number of methoxy groups -OCH3 is 4. The van der Waals surface area contributed by atoms with Crippen molar-refractivity contribution >= 4 is 0 Å². The van der Waals surface area contributed by atoms with Crippen molar-refractivity contribution in [2.24, 2.45) is 11.8 Å². The van der Waals surface area contributed by atoms with E-state index >= 15 is 0 Å². The smallest absolute Gasteiger partial charge is 0.161 e. The van der Waals surface area contributed by atoms with E-state index in [0.29, 0.717) is 30.5 Å². The van der Waals surface area contributed by atoms with Crippen LogP contribution in [0.15, 0.2) is 36.4 Å². The van der Waals surface area contributed by atoms with Gasteiger partial charge in [0.15, 0.2) is 23.0 Å². The van der Waals surface area contributed by atoms with Crippen molar-refractivity contribution < 1.29 is 28.4 Å². The summed E-state index contributed by atoms with van der Waals surface area (Å²) in [5.41, 5.74) is 2.18. The summed E-state index contributed by atoms with van der Waals surface area (Å²) >= 11 is 0. The summed E-state index contributed by atoms with van der Waals surface area (Å²) in [4.78, 5) is 0. The minimum atomic E-state index is -0.122. The Morgan fingerprint density at radius 1 is 0.903 bits per heavy atom. The summed E-state index contributed by atoms with van der Waals surface area (Å²) in [6.07, 6.45) is 6.09. The van der Waals surface area contributed by atoms with Gasteiger partial charge < -0.3 is 28.4 Å². The van der Waals surface area contributed by atoms with E-state index in [1.807, 2.05) is 30.3 Å². The lowest BCUT2D eigenvalue weighted by Crippen LogP contribution is -2.23. The Bertz CT molecular complexity index is 903. The van der Waals surface area contributed by atoms with Gasteiger partial charge in [-0.1, -0.05) is 18.1 Å². The second kappa shape index (κ2) is 10.9. The van der Waals surface area contributed by atoms with Crippen molar-refractivity contribution in [3.8, 4) is 35.3 Å². The van der Waals surface area contributed by atoms with E-state index < -0.39 is 0 Å². The van der Waals surface area contributed by atoms with Crippen LogP contribution in [0.2, 0.25) is 0 Å². The highest BCUT2D eigenvalue weighted by Crippen LogP contribution is 2.43. The van der Waals surface area contributed by atoms with Crippen LogP contribution in [0.4, 0.5) is 0 Å². The van der Waals surface area contributed by atoms with Gasteiger partial charge in [0.2, 0.25) is 0 Å². The summed E-state index contributed by atoms with van der Waals surface area (Å²) in [7, 11) is 6.53. The number of ether oxygens (including phenoxy) is 6. The fourth-order valence-corrected chi connectivity index (χ4v) is 4.09. The van der Waals surface area contributed by atoms with Gasteiger partial charge in [0, 0.05) is 5.92 Å². The third-order valence-corrected chi connectivity index (χ3v) is 5.66. The normalized spacial score (nSPS) is 20.2. The van der Waals surface area contributed by atoms with Gasteiger partial charge in [0.1, 0.15) is 6.61 Å². The van der Waals surface area contributed by atoms with Crippen molar-refractivity contribution in [1.82, 2.24) is 0 Å². The maximum absolute atomic E-state index is 6.26. The molecule has 2 unspecified atom stereocenters. The lowest BCUT2D eigenvalue weighted by molar-refractivity contribution is 0.0503. The first kappa shape index (κ1) is 22.8. The largest absolute Gasteiger partial charge is 0.493 e. The van der Waals surface area contributed by atoms with E-state index in [9.17, 15) is 0 Å². The molecule has 3 rings (SSSR count).